The minimum Gasteiger partial charge on any atom is -0.452 e. The summed E-state index contributed by atoms with van der Waals surface area (Å²) in [5.41, 5.74) is 3.62. The summed E-state index contributed by atoms with van der Waals surface area (Å²) < 4.78 is 97.4. The fourth-order valence-electron chi connectivity index (χ4n) is 9.92. The highest BCUT2D eigenvalue weighted by Gasteiger charge is 2.44. The lowest BCUT2D eigenvalue weighted by atomic mass is 9.79. The summed E-state index contributed by atoms with van der Waals surface area (Å²) in [5, 5.41) is 18.7. The molecule has 6 heterocycles. The third-order valence-corrected chi connectivity index (χ3v) is 17.8. The van der Waals surface area contributed by atoms with Crippen LogP contribution in [0.3, 0.4) is 0 Å². The van der Waals surface area contributed by atoms with Crippen LogP contribution in [0.2, 0.25) is 0 Å². The highest BCUT2D eigenvalue weighted by atomic mass is 32.2. The number of phosphoric ester groups is 1. The number of nitrogens with zero attached hydrogens (tertiary/aromatic N) is 7. The first kappa shape index (κ1) is 54.9. The lowest BCUT2D eigenvalue weighted by molar-refractivity contribution is -0.121. The second-order valence-corrected chi connectivity index (χ2v) is 24.9. The third kappa shape index (κ3) is 13.8. The number of carbonyl (C=O) groups is 1. The molecule has 2 aromatic carbocycles. The van der Waals surface area contributed by atoms with Crippen molar-refractivity contribution in [2.45, 2.75) is 115 Å². The van der Waals surface area contributed by atoms with E-state index < -0.39 is 75.8 Å². The average Bonchev–Trinajstić information content (AvgIpc) is 3.89. The number of rotatable bonds is 23. The molecular weight excluding hydrogens is 1040 g/mol. The Balaban J connectivity index is 0.783. The molecule has 0 bridgehead atoms. The normalized spacial score (nSPS) is 22.0. The predicted molar refractivity (Wildman–Crippen MR) is 262 cm³/mol. The number of hydrogen-bond donors (Lipinski definition) is 8. The van der Waals surface area contributed by atoms with Crippen LogP contribution in [0.1, 0.15) is 102 Å². The van der Waals surface area contributed by atoms with Crippen molar-refractivity contribution >= 4 is 67.8 Å². The lowest BCUT2D eigenvalue weighted by Gasteiger charge is -2.48. The van der Waals surface area contributed by atoms with Crippen LogP contribution >= 0.6 is 23.5 Å². The molecule has 1 fully saturated rings. The van der Waals surface area contributed by atoms with E-state index in [1.54, 1.807) is 0 Å². The Hall–Kier alpha value is -4.30. The van der Waals surface area contributed by atoms with Crippen molar-refractivity contribution in [3.8, 4) is 11.5 Å². The number of anilines is 2. The summed E-state index contributed by atoms with van der Waals surface area (Å²) in [4.78, 5) is 69.8. The van der Waals surface area contributed by atoms with Gasteiger partial charge in [-0.25, -0.2) is 38.2 Å². The fourth-order valence-corrected chi connectivity index (χ4v) is 13.8. The van der Waals surface area contributed by atoms with Crippen molar-refractivity contribution in [1.82, 2.24) is 29.4 Å². The Morgan fingerprint density at radius 3 is 2.48 bits per heavy atom. The SMILES string of the molecule is CC[N+]1=c2cc3c(cc2CCC1)=Nc1cc2c(cc1O3)N(CCCC(=O)NCCCCCCNc1ncnc3c1ncn3[C@H]1C[C@H](O)[C@@H](COP(=O)(O)OP(=O)(O)OP(=O)(O)O)O1)C(C)(C)CC2CS(=O)(=O)O. The number of hydrogen-bond acceptors (Lipinski definition) is 18. The van der Waals surface area contributed by atoms with Crippen molar-refractivity contribution in [3.05, 3.63) is 58.8 Å². The first-order valence-electron chi connectivity index (χ1n) is 23.9. The Kier molecular flexibility index (Phi) is 16.6. The van der Waals surface area contributed by atoms with E-state index in [1.807, 2.05) is 26.0 Å². The summed E-state index contributed by atoms with van der Waals surface area (Å²) in [7, 11) is -21.0. The quantitative estimate of drug-likeness (QED) is 0.0199. The zero-order valence-corrected chi connectivity index (χ0v) is 43.8. The van der Waals surface area contributed by atoms with Crippen molar-refractivity contribution < 1.29 is 78.8 Å². The first-order valence-corrected chi connectivity index (χ1v) is 30.0. The molecule has 0 radical (unpaired) electrons. The Morgan fingerprint density at radius 1 is 0.973 bits per heavy atom. The minimum atomic E-state index is -5.72. The zero-order chi connectivity index (χ0) is 52.5. The van der Waals surface area contributed by atoms with Crippen LogP contribution in [0.25, 0.3) is 11.2 Å². The van der Waals surface area contributed by atoms with Crippen LogP contribution < -0.4 is 35.6 Å². The molecule has 73 heavy (non-hydrogen) atoms. The van der Waals surface area contributed by atoms with Gasteiger partial charge in [0.1, 0.15) is 42.8 Å². The molecule has 8 N–H and O–H groups in total. The summed E-state index contributed by atoms with van der Waals surface area (Å²) in [5.74, 6) is 0.693. The van der Waals surface area contributed by atoms with Crippen LogP contribution in [-0.2, 0) is 52.9 Å². The van der Waals surface area contributed by atoms with Crippen LogP contribution in [0, 0.1) is 0 Å². The van der Waals surface area contributed by atoms with Crippen LogP contribution in [-0.4, -0.2) is 126 Å². The topological polar surface area (TPSA) is 356 Å². The number of fused-ring (bicyclic) bond motifs is 5. The molecule has 26 nitrogen and oxygen atoms in total. The highest BCUT2D eigenvalue weighted by molar-refractivity contribution is 7.85. The van der Waals surface area contributed by atoms with E-state index in [1.165, 1.54) is 22.8 Å². The molecule has 1 amide bonds. The van der Waals surface area contributed by atoms with Gasteiger partial charge in [-0.15, -0.1) is 0 Å². The number of ether oxygens (including phenoxy) is 2. The number of aromatic nitrogens is 4. The Morgan fingerprint density at radius 2 is 1.74 bits per heavy atom. The largest absolute Gasteiger partial charge is 0.490 e. The Bertz CT molecular complexity index is 3120. The van der Waals surface area contributed by atoms with Gasteiger partial charge in [0.15, 0.2) is 28.5 Å². The van der Waals surface area contributed by atoms with E-state index >= 15 is 0 Å². The molecule has 400 valence electrons. The minimum absolute atomic E-state index is 0.0372. The number of imidazole rings is 1. The summed E-state index contributed by atoms with van der Waals surface area (Å²) in [6, 6.07) is 7.96. The molecule has 8 rings (SSSR count). The first-order chi connectivity index (χ1) is 34.4. The van der Waals surface area contributed by atoms with E-state index in [4.69, 9.17) is 24.3 Å². The molecule has 3 unspecified atom stereocenters. The molecular formula is C43H61N9O17P3S+. The van der Waals surface area contributed by atoms with Crippen molar-refractivity contribution in [2.24, 2.45) is 4.99 Å². The molecule has 4 aliphatic rings. The maximum Gasteiger partial charge on any atom is 0.490 e. The third-order valence-electron chi connectivity index (χ3n) is 13.1. The van der Waals surface area contributed by atoms with E-state index in [-0.39, 0.29) is 18.7 Å². The number of unbranched alkanes of at least 4 members (excludes halogenated alkanes) is 3. The fraction of sp³-hybridized carbons (Fsp3) is 0.581. The number of aryl methyl sites for hydroxylation is 1. The number of aliphatic hydroxyl groups is 1. The number of benzene rings is 2. The van der Waals surface area contributed by atoms with Crippen LogP contribution in [0.15, 0.2) is 41.9 Å². The van der Waals surface area contributed by atoms with E-state index in [0.717, 1.165) is 73.6 Å². The maximum atomic E-state index is 13.0. The Labute approximate surface area is 420 Å². The number of nitrogens with one attached hydrogen (secondary N) is 2. The summed E-state index contributed by atoms with van der Waals surface area (Å²) in [6.07, 6.45) is 5.89. The number of amides is 1. The second-order valence-electron chi connectivity index (χ2n) is 19.0. The van der Waals surface area contributed by atoms with Gasteiger partial charge in [0.05, 0.1) is 30.9 Å². The van der Waals surface area contributed by atoms with Gasteiger partial charge in [-0.1, -0.05) is 12.8 Å². The van der Waals surface area contributed by atoms with E-state index in [2.05, 4.69) is 67.3 Å². The van der Waals surface area contributed by atoms with Crippen molar-refractivity contribution in [2.75, 3.05) is 55.3 Å². The summed E-state index contributed by atoms with van der Waals surface area (Å²) >= 11 is 0. The highest BCUT2D eigenvalue weighted by Crippen LogP contribution is 2.66. The lowest BCUT2D eigenvalue weighted by Crippen LogP contribution is -2.50. The van der Waals surface area contributed by atoms with E-state index in [9.17, 15) is 46.4 Å². The maximum absolute atomic E-state index is 13.0. The van der Waals surface area contributed by atoms with Gasteiger partial charge in [-0.3, -0.25) is 18.4 Å². The molecule has 0 saturated carbocycles. The van der Waals surface area contributed by atoms with Crippen LogP contribution in [0.4, 0.5) is 17.2 Å². The van der Waals surface area contributed by atoms with Gasteiger partial charge in [0.2, 0.25) is 11.3 Å². The molecule has 0 aliphatic carbocycles. The van der Waals surface area contributed by atoms with Crippen molar-refractivity contribution in [3.63, 3.8) is 0 Å². The standard InChI is InChI=1S/C43H60N9O17P3S/c1-4-50-15-9-11-27-17-30-35(19-32(27)50)66-36-20-33-29(18-31(36)49-30)28(24-73(62,63)64)22-43(2,3)52(33)16-10-12-38(54)44-13-7-5-6-8-14-45-41-40-42(47-25-46-41)51(26-48-40)39-21-34(53)37(67-39)23-65-71(58,59)69-72(60,61)68-70(55,56)57/h17-20,25-26,28,34,37,39,53H,4-16,21-24H2,1-3H3,(H6-,44,45,46,47,54,55,56,57,58,59,60,61,62,63,64)/p+1/t28?,34-,37+,39+/m0/s1. The molecule has 30 heteroatoms. The smallest absolute Gasteiger partial charge is 0.452 e. The van der Waals surface area contributed by atoms with Gasteiger partial charge in [0.25, 0.3) is 10.1 Å². The predicted octanol–water partition coefficient (Wildman–Crippen LogP) is 3.86. The van der Waals surface area contributed by atoms with Gasteiger partial charge in [0, 0.05) is 67.7 Å². The van der Waals surface area contributed by atoms with Crippen LogP contribution in [0.5, 0.6) is 11.5 Å². The average molecular weight is 1100 g/mol. The van der Waals surface area contributed by atoms with Gasteiger partial charge in [-0.2, -0.15) is 17.0 Å². The van der Waals surface area contributed by atoms with Crippen molar-refractivity contribution in [1.29, 1.82) is 0 Å². The molecule has 4 aromatic rings. The van der Waals surface area contributed by atoms with Gasteiger partial charge < -0.3 is 49.7 Å². The summed E-state index contributed by atoms with van der Waals surface area (Å²) in [6.45, 7) is 8.83. The van der Waals surface area contributed by atoms with E-state index in [0.29, 0.717) is 66.6 Å². The second kappa shape index (κ2) is 22.1. The molecule has 1 saturated heterocycles. The zero-order valence-electron chi connectivity index (χ0n) is 40.3. The molecule has 4 aliphatic heterocycles. The molecule has 6 atom stereocenters. The van der Waals surface area contributed by atoms with Gasteiger partial charge >= 0.3 is 23.5 Å². The number of aliphatic hydroxyl groups excluding tert-OH is 1. The monoisotopic (exact) mass is 1100 g/mol. The number of phosphoric acid groups is 3. The molecule has 0 spiro atoms. The van der Waals surface area contributed by atoms with Gasteiger partial charge in [-0.05, 0) is 70.6 Å². The molecule has 2 aromatic heterocycles. The number of carbonyl (C=O) groups excluding carboxylic acids is 1.